The summed E-state index contributed by atoms with van der Waals surface area (Å²) in [6.45, 7) is 15.0. The van der Waals surface area contributed by atoms with Crippen molar-refractivity contribution in [2.24, 2.45) is 22.7 Å². The van der Waals surface area contributed by atoms with Gasteiger partial charge in [0.2, 0.25) is 0 Å². The fraction of sp³-hybridized carbons (Fsp3) is 0.529. The van der Waals surface area contributed by atoms with E-state index in [-0.39, 0.29) is 35.1 Å². The SMILES string of the molecule is C=C(C)C(=O)OCC(CO)(COC(=O)C(=C)C)COC(=O)C1CC=CCC1C(=O)OCC(CO)(COC(=O)C(=C)C)COC(=O)C(=C)C. The molecular formula is C34H46O14. The third kappa shape index (κ3) is 12.9. The molecule has 0 aliphatic heterocycles. The zero-order chi connectivity index (χ0) is 36.7. The van der Waals surface area contributed by atoms with Gasteiger partial charge in [-0.15, -0.1) is 0 Å². The molecule has 0 spiro atoms. The molecular weight excluding hydrogens is 632 g/mol. The van der Waals surface area contributed by atoms with Gasteiger partial charge in [-0.1, -0.05) is 38.5 Å². The highest BCUT2D eigenvalue weighted by molar-refractivity contribution is 5.88. The molecule has 0 aromatic heterocycles. The minimum absolute atomic E-state index is 0.0706. The Bertz CT molecular complexity index is 1150. The van der Waals surface area contributed by atoms with E-state index in [1.165, 1.54) is 27.7 Å². The van der Waals surface area contributed by atoms with Crippen LogP contribution in [0.25, 0.3) is 0 Å². The Kier molecular flexibility index (Phi) is 16.7. The van der Waals surface area contributed by atoms with E-state index in [0.717, 1.165) is 0 Å². The van der Waals surface area contributed by atoms with Crippen molar-refractivity contribution in [3.63, 3.8) is 0 Å². The molecule has 14 nitrogen and oxygen atoms in total. The molecule has 0 heterocycles. The maximum absolute atomic E-state index is 13.3. The summed E-state index contributed by atoms with van der Waals surface area (Å²) < 4.78 is 31.7. The quantitative estimate of drug-likeness (QED) is 0.0821. The number of carbonyl (C=O) groups excluding carboxylic acids is 6. The third-order valence-corrected chi connectivity index (χ3v) is 7.18. The standard InChI is InChI=1S/C34H46O14/c1-21(2)27(37)43-15-33(13-35,16-44-28(38)22(3)4)19-47-31(41)25-11-9-10-12-26(25)32(42)48-20-34(14-36,17-45-29(39)23(5)6)18-46-30(40)24(7)8/h9-10,25-26,35-36H,1,3,5,7,11-20H2,2,4,6,8H3. The van der Waals surface area contributed by atoms with Gasteiger partial charge in [0.25, 0.3) is 0 Å². The van der Waals surface area contributed by atoms with Gasteiger partial charge in [-0.05, 0) is 40.5 Å². The molecule has 1 aliphatic rings. The molecule has 0 radical (unpaired) electrons. The van der Waals surface area contributed by atoms with Crippen molar-refractivity contribution in [1.29, 1.82) is 0 Å². The van der Waals surface area contributed by atoms with Gasteiger partial charge in [-0.3, -0.25) is 9.59 Å². The minimum Gasteiger partial charge on any atom is -0.464 e. The van der Waals surface area contributed by atoms with Crippen LogP contribution in [-0.4, -0.2) is 98.9 Å². The number of aliphatic hydroxyl groups excluding tert-OH is 2. The van der Waals surface area contributed by atoms with Gasteiger partial charge in [-0.25, -0.2) is 19.2 Å². The molecule has 0 saturated carbocycles. The lowest BCUT2D eigenvalue weighted by Crippen LogP contribution is -2.45. The molecule has 1 rings (SSSR count). The predicted molar refractivity (Wildman–Crippen MR) is 169 cm³/mol. The molecule has 0 fully saturated rings. The van der Waals surface area contributed by atoms with Gasteiger partial charge in [0, 0.05) is 22.3 Å². The molecule has 266 valence electrons. The molecule has 0 saturated heterocycles. The van der Waals surface area contributed by atoms with Crippen molar-refractivity contribution in [2.75, 3.05) is 52.9 Å². The van der Waals surface area contributed by atoms with Crippen molar-refractivity contribution in [1.82, 2.24) is 0 Å². The number of esters is 6. The van der Waals surface area contributed by atoms with E-state index in [1.54, 1.807) is 12.2 Å². The number of hydrogen-bond donors (Lipinski definition) is 2. The Morgan fingerprint density at radius 1 is 0.521 bits per heavy atom. The second-order valence-electron chi connectivity index (χ2n) is 12.1. The van der Waals surface area contributed by atoms with Gasteiger partial charge in [0.1, 0.15) is 39.6 Å². The first-order chi connectivity index (χ1) is 22.4. The van der Waals surface area contributed by atoms with Crippen LogP contribution in [0.3, 0.4) is 0 Å². The van der Waals surface area contributed by atoms with Crippen LogP contribution in [-0.2, 0) is 57.2 Å². The Morgan fingerprint density at radius 3 is 0.958 bits per heavy atom. The molecule has 48 heavy (non-hydrogen) atoms. The largest absolute Gasteiger partial charge is 0.464 e. The Morgan fingerprint density at radius 2 is 0.750 bits per heavy atom. The van der Waals surface area contributed by atoms with Gasteiger partial charge < -0.3 is 38.6 Å². The molecule has 0 bridgehead atoms. The Balaban J connectivity index is 3.14. The van der Waals surface area contributed by atoms with Crippen molar-refractivity contribution in [3.8, 4) is 0 Å². The first-order valence-electron chi connectivity index (χ1n) is 14.9. The van der Waals surface area contributed by atoms with Crippen LogP contribution < -0.4 is 0 Å². The second-order valence-corrected chi connectivity index (χ2v) is 12.1. The normalized spacial score (nSPS) is 15.7. The fourth-order valence-electron chi connectivity index (χ4n) is 3.89. The summed E-state index contributed by atoms with van der Waals surface area (Å²) in [6.07, 6.45) is 3.50. The van der Waals surface area contributed by atoms with Crippen molar-refractivity contribution in [2.45, 2.75) is 40.5 Å². The maximum atomic E-state index is 13.3. The van der Waals surface area contributed by atoms with Crippen LogP contribution in [0.2, 0.25) is 0 Å². The van der Waals surface area contributed by atoms with E-state index in [9.17, 15) is 39.0 Å². The molecule has 14 heteroatoms. The van der Waals surface area contributed by atoms with E-state index in [4.69, 9.17) is 28.4 Å². The highest BCUT2D eigenvalue weighted by Gasteiger charge is 2.42. The lowest BCUT2D eigenvalue weighted by molar-refractivity contribution is -0.174. The average molecular weight is 679 g/mol. The summed E-state index contributed by atoms with van der Waals surface area (Å²) in [5.41, 5.74) is -2.84. The zero-order valence-electron chi connectivity index (χ0n) is 28.0. The van der Waals surface area contributed by atoms with Crippen molar-refractivity contribution < 1.29 is 67.4 Å². The first kappa shape index (κ1) is 41.5. The molecule has 0 aromatic carbocycles. The summed E-state index contributed by atoms with van der Waals surface area (Å²) >= 11 is 0. The minimum atomic E-state index is -1.56. The van der Waals surface area contributed by atoms with E-state index in [1.807, 2.05) is 0 Å². The molecule has 0 aromatic rings. The van der Waals surface area contributed by atoms with E-state index in [2.05, 4.69) is 26.3 Å². The smallest absolute Gasteiger partial charge is 0.333 e. The average Bonchev–Trinajstić information content (AvgIpc) is 3.06. The number of ether oxygens (including phenoxy) is 6. The van der Waals surface area contributed by atoms with Gasteiger partial charge >= 0.3 is 35.8 Å². The highest BCUT2D eigenvalue weighted by Crippen LogP contribution is 2.31. The lowest BCUT2D eigenvalue weighted by atomic mass is 9.82. The fourth-order valence-corrected chi connectivity index (χ4v) is 3.89. The van der Waals surface area contributed by atoms with Crippen molar-refractivity contribution >= 4 is 35.8 Å². The van der Waals surface area contributed by atoms with Gasteiger partial charge in [0.05, 0.1) is 35.9 Å². The van der Waals surface area contributed by atoms with Gasteiger partial charge in [0.15, 0.2) is 0 Å². The molecule has 2 N–H and O–H groups in total. The van der Waals surface area contributed by atoms with Crippen LogP contribution in [0.1, 0.15) is 40.5 Å². The number of hydrogen-bond acceptors (Lipinski definition) is 14. The summed E-state index contributed by atoms with van der Waals surface area (Å²) in [6, 6.07) is 0. The number of rotatable bonds is 20. The van der Waals surface area contributed by atoms with E-state index >= 15 is 0 Å². The van der Waals surface area contributed by atoms with Crippen LogP contribution >= 0.6 is 0 Å². The summed E-state index contributed by atoms with van der Waals surface area (Å²) in [7, 11) is 0. The number of aliphatic hydroxyl groups is 2. The summed E-state index contributed by atoms with van der Waals surface area (Å²) in [4.78, 5) is 74.9. The van der Waals surface area contributed by atoms with Crippen LogP contribution in [0.15, 0.2) is 60.8 Å². The lowest BCUT2D eigenvalue weighted by Gasteiger charge is -2.33. The molecule has 2 atom stereocenters. The van der Waals surface area contributed by atoms with Crippen LogP contribution in [0.5, 0.6) is 0 Å². The topological polar surface area (TPSA) is 198 Å². The second kappa shape index (κ2) is 19.3. The highest BCUT2D eigenvalue weighted by atomic mass is 16.6. The Labute approximate surface area is 280 Å². The first-order valence-corrected chi connectivity index (χ1v) is 14.9. The van der Waals surface area contributed by atoms with E-state index < -0.39 is 111 Å². The van der Waals surface area contributed by atoms with E-state index in [0.29, 0.717) is 0 Å². The Hall–Kier alpha value is -4.56. The summed E-state index contributed by atoms with van der Waals surface area (Å²) in [5, 5.41) is 20.5. The zero-order valence-corrected chi connectivity index (χ0v) is 28.0. The van der Waals surface area contributed by atoms with Crippen molar-refractivity contribution in [3.05, 3.63) is 60.8 Å². The predicted octanol–water partition coefficient (Wildman–Crippen LogP) is 2.09. The number of allylic oxidation sites excluding steroid dienone is 2. The molecule has 1 aliphatic carbocycles. The summed E-state index contributed by atoms with van der Waals surface area (Å²) in [5.74, 6) is -6.95. The number of carbonyl (C=O) groups is 6. The van der Waals surface area contributed by atoms with Crippen LogP contribution in [0.4, 0.5) is 0 Å². The molecule has 0 amide bonds. The van der Waals surface area contributed by atoms with Gasteiger partial charge in [-0.2, -0.15) is 0 Å². The molecule has 2 unspecified atom stereocenters. The van der Waals surface area contributed by atoms with Crippen LogP contribution in [0, 0.1) is 22.7 Å². The monoisotopic (exact) mass is 678 g/mol. The maximum Gasteiger partial charge on any atom is 0.333 e. The third-order valence-electron chi connectivity index (χ3n) is 7.18.